The number of halogens is 1. The number of amides is 1. The third kappa shape index (κ3) is 4.73. The molecule has 7 nitrogen and oxygen atoms in total. The van der Waals surface area contributed by atoms with E-state index < -0.39 is 16.1 Å². The first-order chi connectivity index (χ1) is 17.3. The molecule has 0 radical (unpaired) electrons. The lowest BCUT2D eigenvalue weighted by atomic mass is 10.1. The van der Waals surface area contributed by atoms with Crippen LogP contribution < -0.4 is 10.0 Å². The van der Waals surface area contributed by atoms with Gasteiger partial charge >= 0.3 is 0 Å². The van der Waals surface area contributed by atoms with Crippen LogP contribution in [0.4, 0.5) is 15.2 Å². The van der Waals surface area contributed by atoms with Gasteiger partial charge in [-0.2, -0.15) is 0 Å². The van der Waals surface area contributed by atoms with Crippen LogP contribution in [-0.4, -0.2) is 23.9 Å². The Morgan fingerprint density at radius 1 is 1.03 bits per heavy atom. The van der Waals surface area contributed by atoms with Gasteiger partial charge in [-0.1, -0.05) is 30.3 Å². The predicted octanol–water partition coefficient (Wildman–Crippen LogP) is 6.15. The van der Waals surface area contributed by atoms with Gasteiger partial charge in [0.05, 0.1) is 10.4 Å². The van der Waals surface area contributed by atoms with Gasteiger partial charge in [0.2, 0.25) is 5.91 Å². The number of anilines is 2. The summed E-state index contributed by atoms with van der Waals surface area (Å²) in [5.74, 6) is -0.553. The van der Waals surface area contributed by atoms with Crippen LogP contribution in [0.25, 0.3) is 22.0 Å². The molecule has 2 heterocycles. The molecule has 0 saturated carbocycles. The average Bonchev–Trinajstić information content (AvgIpc) is 3.54. The van der Waals surface area contributed by atoms with Gasteiger partial charge in [0.1, 0.15) is 11.9 Å². The van der Waals surface area contributed by atoms with Crippen LogP contribution in [0.5, 0.6) is 0 Å². The van der Waals surface area contributed by atoms with Crippen molar-refractivity contribution in [1.82, 2.24) is 9.55 Å². The Morgan fingerprint density at radius 2 is 1.72 bits per heavy atom. The van der Waals surface area contributed by atoms with Gasteiger partial charge in [0.15, 0.2) is 5.13 Å². The van der Waals surface area contributed by atoms with Crippen molar-refractivity contribution in [2.45, 2.75) is 17.9 Å². The Balaban J connectivity index is 0.00000320. The Morgan fingerprint density at radius 3 is 2.39 bits per heavy atom. The van der Waals surface area contributed by atoms with E-state index in [1.807, 2.05) is 12.1 Å². The molecule has 184 valence electrons. The normalized spacial score (nSPS) is 12.4. The SMILES string of the molecule is C[C@@H](C(=O)Nc1ccc(-c2ccc(S(=O)(=O)Nc3nccs3)cc2)cc1)n1ccc2c(F)cccc21.[HH]. The zero-order chi connectivity index (χ0) is 25.3. The van der Waals surface area contributed by atoms with E-state index in [-0.39, 0.29) is 18.0 Å². The number of nitrogens with one attached hydrogen (secondary N) is 2. The van der Waals surface area contributed by atoms with Gasteiger partial charge < -0.3 is 9.88 Å². The summed E-state index contributed by atoms with van der Waals surface area (Å²) in [4.78, 5) is 16.9. The highest BCUT2D eigenvalue weighted by atomic mass is 32.2. The number of aromatic nitrogens is 2. The second-order valence-corrected chi connectivity index (χ2v) is 10.7. The molecule has 0 aliphatic rings. The molecule has 3 aromatic carbocycles. The lowest BCUT2D eigenvalue weighted by molar-refractivity contribution is -0.118. The smallest absolute Gasteiger partial charge is 0.263 e. The van der Waals surface area contributed by atoms with E-state index in [0.29, 0.717) is 21.7 Å². The molecule has 36 heavy (non-hydrogen) atoms. The minimum absolute atomic E-state index is 0. The average molecular weight is 523 g/mol. The van der Waals surface area contributed by atoms with E-state index in [0.717, 1.165) is 11.1 Å². The third-order valence-corrected chi connectivity index (χ3v) is 7.98. The quantitative estimate of drug-likeness (QED) is 0.268. The van der Waals surface area contributed by atoms with Gasteiger partial charge in [-0.15, -0.1) is 11.3 Å². The van der Waals surface area contributed by atoms with Crippen LogP contribution in [0.3, 0.4) is 0 Å². The fraction of sp³-hybridized carbons (Fsp3) is 0.0769. The summed E-state index contributed by atoms with van der Waals surface area (Å²) in [6.07, 6.45) is 3.24. The summed E-state index contributed by atoms with van der Waals surface area (Å²) < 4.78 is 43.2. The molecular formula is C26H23FN4O3S2. The molecule has 0 unspecified atom stereocenters. The van der Waals surface area contributed by atoms with E-state index in [1.165, 1.54) is 35.7 Å². The number of hydrogen-bond donors (Lipinski definition) is 2. The number of fused-ring (bicyclic) bond motifs is 1. The second kappa shape index (κ2) is 9.56. The lowest BCUT2D eigenvalue weighted by Gasteiger charge is -2.16. The molecular weight excluding hydrogens is 499 g/mol. The van der Waals surface area contributed by atoms with Crippen molar-refractivity contribution >= 4 is 49.0 Å². The summed E-state index contributed by atoms with van der Waals surface area (Å²) in [6, 6.07) is 19.7. The van der Waals surface area contributed by atoms with Gasteiger partial charge in [0.25, 0.3) is 10.0 Å². The number of rotatable bonds is 7. The molecule has 0 aliphatic carbocycles. The predicted molar refractivity (Wildman–Crippen MR) is 142 cm³/mol. The lowest BCUT2D eigenvalue weighted by Crippen LogP contribution is -2.23. The molecule has 0 aliphatic heterocycles. The molecule has 1 atom stereocenters. The van der Waals surface area contributed by atoms with Crippen LogP contribution in [0, 0.1) is 5.82 Å². The maximum atomic E-state index is 14.0. The largest absolute Gasteiger partial charge is 0.335 e. The maximum absolute atomic E-state index is 14.0. The number of hydrogen-bond acceptors (Lipinski definition) is 5. The summed E-state index contributed by atoms with van der Waals surface area (Å²) in [6.45, 7) is 1.76. The minimum Gasteiger partial charge on any atom is -0.335 e. The Bertz CT molecular complexity index is 1640. The van der Waals surface area contributed by atoms with Gasteiger partial charge in [-0.3, -0.25) is 9.52 Å². The van der Waals surface area contributed by atoms with E-state index >= 15 is 0 Å². The van der Waals surface area contributed by atoms with Crippen LogP contribution in [0.2, 0.25) is 0 Å². The highest BCUT2D eigenvalue weighted by Gasteiger charge is 2.18. The molecule has 5 rings (SSSR count). The zero-order valence-corrected chi connectivity index (χ0v) is 20.7. The van der Waals surface area contributed by atoms with Crippen LogP contribution in [0.15, 0.2) is 95.5 Å². The minimum atomic E-state index is -3.72. The molecule has 0 bridgehead atoms. The fourth-order valence-electron chi connectivity index (χ4n) is 3.88. The Hall–Kier alpha value is -4.02. The van der Waals surface area contributed by atoms with Crippen LogP contribution in [0.1, 0.15) is 14.4 Å². The number of carbonyl (C=O) groups excluding carboxylic acids is 1. The maximum Gasteiger partial charge on any atom is 0.263 e. The number of carbonyl (C=O) groups is 1. The first-order valence-electron chi connectivity index (χ1n) is 11.0. The van der Waals surface area contributed by atoms with Crippen molar-refractivity contribution in [2.75, 3.05) is 10.0 Å². The van der Waals surface area contributed by atoms with Gasteiger partial charge in [-0.25, -0.2) is 17.8 Å². The topological polar surface area (TPSA) is 93.1 Å². The number of sulfonamides is 1. The number of thiazole rings is 1. The molecule has 2 aromatic heterocycles. The van der Waals surface area contributed by atoms with E-state index in [9.17, 15) is 17.6 Å². The van der Waals surface area contributed by atoms with Crippen molar-refractivity contribution in [2.24, 2.45) is 0 Å². The summed E-state index contributed by atoms with van der Waals surface area (Å²) >= 11 is 1.20. The van der Waals surface area contributed by atoms with E-state index in [2.05, 4.69) is 15.0 Å². The molecule has 0 saturated heterocycles. The second-order valence-electron chi connectivity index (χ2n) is 8.11. The molecule has 5 aromatic rings. The standard InChI is InChI=1S/C26H21FN4O3S2.H2/c1-17(31-15-13-22-23(27)3-2-4-24(22)31)25(32)29-20-9-5-18(6-10-20)19-7-11-21(12-8-19)36(33,34)30-26-28-14-16-35-26;/h2-17H,1H3,(H,28,30)(H,29,32);1H/t17-;/m0./s1. The highest BCUT2D eigenvalue weighted by Crippen LogP contribution is 2.26. The number of benzene rings is 3. The van der Waals surface area contributed by atoms with E-state index in [1.54, 1.807) is 65.5 Å². The summed E-state index contributed by atoms with van der Waals surface area (Å²) in [7, 11) is -3.72. The van der Waals surface area contributed by atoms with Gasteiger partial charge in [-0.05, 0) is 60.5 Å². The third-order valence-electron chi connectivity index (χ3n) is 5.81. The monoisotopic (exact) mass is 522 g/mol. The molecule has 0 spiro atoms. The first kappa shape index (κ1) is 23.7. The van der Waals surface area contributed by atoms with Crippen molar-refractivity contribution in [3.05, 3.63) is 96.4 Å². The van der Waals surface area contributed by atoms with E-state index in [4.69, 9.17) is 0 Å². The fourth-order valence-corrected chi connectivity index (χ4v) is 5.67. The Labute approximate surface area is 212 Å². The summed E-state index contributed by atoms with van der Waals surface area (Å²) in [5, 5.41) is 5.36. The van der Waals surface area contributed by atoms with Crippen LogP contribution >= 0.6 is 11.3 Å². The van der Waals surface area contributed by atoms with Crippen molar-refractivity contribution < 1.29 is 19.0 Å². The first-order valence-corrected chi connectivity index (χ1v) is 13.4. The number of nitrogens with zero attached hydrogens (tertiary/aromatic N) is 2. The Kier molecular flexibility index (Phi) is 6.29. The van der Waals surface area contributed by atoms with Crippen LogP contribution in [-0.2, 0) is 14.8 Å². The molecule has 10 heteroatoms. The molecule has 0 fully saturated rings. The van der Waals surface area contributed by atoms with Crippen molar-refractivity contribution in [1.29, 1.82) is 0 Å². The molecule has 2 N–H and O–H groups in total. The van der Waals surface area contributed by atoms with Crippen molar-refractivity contribution in [3.63, 3.8) is 0 Å². The van der Waals surface area contributed by atoms with Gasteiger partial charge in [0, 0.05) is 30.3 Å². The molecule has 1 amide bonds. The van der Waals surface area contributed by atoms with Crippen molar-refractivity contribution in [3.8, 4) is 11.1 Å². The zero-order valence-electron chi connectivity index (χ0n) is 19.1. The highest BCUT2D eigenvalue weighted by molar-refractivity contribution is 7.93. The summed E-state index contributed by atoms with van der Waals surface area (Å²) in [5.41, 5.74) is 2.96.